The number of aromatic nitrogens is 2. The third kappa shape index (κ3) is 3.34. The van der Waals surface area contributed by atoms with Crippen molar-refractivity contribution in [1.82, 2.24) is 19.8 Å². The van der Waals surface area contributed by atoms with E-state index in [0.29, 0.717) is 6.04 Å². The smallest absolute Gasteiger partial charge is 0.122 e. The summed E-state index contributed by atoms with van der Waals surface area (Å²) < 4.78 is 2.26. The molecule has 0 bridgehead atoms. The molecule has 4 nitrogen and oxygen atoms in total. The van der Waals surface area contributed by atoms with Crippen LogP contribution in [0.2, 0.25) is 0 Å². The molecule has 0 spiro atoms. The van der Waals surface area contributed by atoms with Crippen molar-refractivity contribution in [3.8, 4) is 0 Å². The Balaban J connectivity index is 1.76. The summed E-state index contributed by atoms with van der Waals surface area (Å²) >= 11 is 0. The second-order valence-electron chi connectivity index (χ2n) is 5.64. The average molecular weight is 284 g/mol. The molecule has 0 fully saturated rings. The number of hydrogen-bond acceptors (Lipinski definition) is 3. The van der Waals surface area contributed by atoms with E-state index >= 15 is 0 Å². The van der Waals surface area contributed by atoms with Crippen molar-refractivity contribution in [1.29, 1.82) is 0 Å². The van der Waals surface area contributed by atoms with Gasteiger partial charge in [0.1, 0.15) is 5.82 Å². The molecule has 0 radical (unpaired) electrons. The second-order valence-corrected chi connectivity index (χ2v) is 5.64. The predicted molar refractivity (Wildman–Crippen MR) is 85.0 cm³/mol. The molecule has 1 atom stereocenters. The van der Waals surface area contributed by atoms with E-state index in [2.05, 4.69) is 63.2 Å². The monoisotopic (exact) mass is 284 g/mol. The zero-order valence-corrected chi connectivity index (χ0v) is 12.7. The van der Waals surface area contributed by atoms with Gasteiger partial charge in [0, 0.05) is 38.1 Å². The molecule has 0 amide bonds. The van der Waals surface area contributed by atoms with Gasteiger partial charge in [-0.3, -0.25) is 4.90 Å². The van der Waals surface area contributed by atoms with Crippen LogP contribution in [0.3, 0.4) is 0 Å². The molecule has 1 aliphatic heterocycles. The average Bonchev–Trinajstić information content (AvgIpc) is 3.00. The molecule has 0 saturated carbocycles. The molecule has 112 valence electrons. The van der Waals surface area contributed by atoms with E-state index in [-0.39, 0.29) is 0 Å². The van der Waals surface area contributed by atoms with Gasteiger partial charge in [0.25, 0.3) is 0 Å². The number of hydrogen-bond donors (Lipinski definition) is 1. The summed E-state index contributed by atoms with van der Waals surface area (Å²) in [6.07, 6.45) is 5.16. The Morgan fingerprint density at radius 3 is 2.90 bits per heavy atom. The highest BCUT2D eigenvalue weighted by Gasteiger charge is 2.24. The van der Waals surface area contributed by atoms with Crippen LogP contribution in [0.15, 0.2) is 42.7 Å². The van der Waals surface area contributed by atoms with Gasteiger partial charge in [-0.25, -0.2) is 4.98 Å². The first kappa shape index (κ1) is 14.3. The van der Waals surface area contributed by atoms with Crippen LogP contribution in [0.5, 0.6) is 0 Å². The Labute approximate surface area is 126 Å². The number of benzene rings is 1. The zero-order valence-electron chi connectivity index (χ0n) is 12.7. The van der Waals surface area contributed by atoms with Crippen LogP contribution in [0.4, 0.5) is 0 Å². The third-order valence-corrected chi connectivity index (χ3v) is 4.16. The molecule has 1 aliphatic rings. The summed E-state index contributed by atoms with van der Waals surface area (Å²) in [5.74, 6) is 1.18. The van der Waals surface area contributed by atoms with E-state index in [1.807, 2.05) is 6.20 Å². The Kier molecular flexibility index (Phi) is 4.68. The van der Waals surface area contributed by atoms with Crippen molar-refractivity contribution >= 4 is 0 Å². The maximum atomic E-state index is 4.48. The van der Waals surface area contributed by atoms with Crippen LogP contribution in [-0.4, -0.2) is 34.1 Å². The fourth-order valence-electron chi connectivity index (χ4n) is 3.01. The van der Waals surface area contributed by atoms with Gasteiger partial charge in [-0.1, -0.05) is 37.3 Å². The molecule has 1 N–H and O–H groups in total. The van der Waals surface area contributed by atoms with E-state index in [1.165, 1.54) is 17.8 Å². The molecule has 0 saturated heterocycles. The van der Waals surface area contributed by atoms with Gasteiger partial charge in [-0.2, -0.15) is 0 Å². The van der Waals surface area contributed by atoms with Crippen LogP contribution < -0.4 is 5.32 Å². The molecule has 3 rings (SSSR count). The first-order chi connectivity index (χ1) is 10.4. The van der Waals surface area contributed by atoms with Crippen molar-refractivity contribution in [3.05, 3.63) is 54.1 Å². The molecule has 2 aromatic rings. The minimum absolute atomic E-state index is 0.420. The Hall–Kier alpha value is -1.65. The van der Waals surface area contributed by atoms with Crippen molar-refractivity contribution in [2.75, 3.05) is 19.6 Å². The molecular weight excluding hydrogens is 260 g/mol. The van der Waals surface area contributed by atoms with Gasteiger partial charge in [0.05, 0.1) is 6.54 Å². The number of imidazole rings is 1. The van der Waals surface area contributed by atoms with Crippen molar-refractivity contribution < 1.29 is 0 Å². The SMILES string of the molecule is CCCNCC(c1ccccc1)N1CCn2ccnc2C1. The topological polar surface area (TPSA) is 33.1 Å². The minimum atomic E-state index is 0.420. The number of rotatable bonds is 6. The quantitative estimate of drug-likeness (QED) is 0.827. The molecular formula is C17H24N4. The summed E-state index contributed by atoms with van der Waals surface area (Å²) in [6, 6.07) is 11.2. The number of nitrogens with zero attached hydrogens (tertiary/aromatic N) is 3. The lowest BCUT2D eigenvalue weighted by molar-refractivity contribution is 0.149. The fourth-order valence-corrected chi connectivity index (χ4v) is 3.01. The van der Waals surface area contributed by atoms with Gasteiger partial charge >= 0.3 is 0 Å². The van der Waals surface area contributed by atoms with Crippen LogP contribution in [-0.2, 0) is 13.1 Å². The van der Waals surface area contributed by atoms with E-state index in [4.69, 9.17) is 0 Å². The standard InChI is InChI=1S/C17H24N4/c1-2-8-18-13-16(15-6-4-3-5-7-15)21-12-11-20-10-9-19-17(20)14-21/h3-7,9-10,16,18H,2,8,11-14H2,1H3. The molecule has 1 aromatic heterocycles. The van der Waals surface area contributed by atoms with E-state index in [1.54, 1.807) is 0 Å². The van der Waals surface area contributed by atoms with Crippen molar-refractivity contribution in [3.63, 3.8) is 0 Å². The first-order valence-electron chi connectivity index (χ1n) is 7.88. The zero-order chi connectivity index (χ0) is 14.5. The highest BCUT2D eigenvalue weighted by Crippen LogP contribution is 2.24. The van der Waals surface area contributed by atoms with Crippen LogP contribution in [0.25, 0.3) is 0 Å². The Bertz CT molecular complexity index is 549. The Morgan fingerprint density at radius 2 is 2.10 bits per heavy atom. The van der Waals surface area contributed by atoms with Gasteiger partial charge < -0.3 is 9.88 Å². The molecule has 0 aliphatic carbocycles. The largest absolute Gasteiger partial charge is 0.333 e. The number of nitrogens with one attached hydrogen (secondary N) is 1. The maximum absolute atomic E-state index is 4.48. The highest BCUT2D eigenvalue weighted by atomic mass is 15.3. The first-order valence-corrected chi connectivity index (χ1v) is 7.88. The van der Waals surface area contributed by atoms with Gasteiger partial charge in [0.2, 0.25) is 0 Å². The summed E-state index contributed by atoms with van der Waals surface area (Å²) in [6.45, 7) is 7.33. The van der Waals surface area contributed by atoms with E-state index in [9.17, 15) is 0 Å². The van der Waals surface area contributed by atoms with Gasteiger partial charge in [0.15, 0.2) is 0 Å². The van der Waals surface area contributed by atoms with Crippen LogP contribution in [0, 0.1) is 0 Å². The lowest BCUT2D eigenvalue weighted by Gasteiger charge is -2.35. The molecule has 1 unspecified atom stereocenters. The van der Waals surface area contributed by atoms with Crippen molar-refractivity contribution in [2.24, 2.45) is 0 Å². The molecule has 4 heteroatoms. The van der Waals surface area contributed by atoms with Crippen molar-refractivity contribution in [2.45, 2.75) is 32.5 Å². The fraction of sp³-hybridized carbons (Fsp3) is 0.471. The van der Waals surface area contributed by atoms with E-state index < -0.39 is 0 Å². The van der Waals surface area contributed by atoms with Crippen LogP contribution in [0.1, 0.15) is 30.8 Å². The van der Waals surface area contributed by atoms with Gasteiger partial charge in [-0.15, -0.1) is 0 Å². The number of fused-ring (bicyclic) bond motifs is 1. The molecule has 1 aromatic carbocycles. The minimum Gasteiger partial charge on any atom is -0.333 e. The van der Waals surface area contributed by atoms with E-state index in [0.717, 1.165) is 32.7 Å². The van der Waals surface area contributed by atoms with Crippen LogP contribution >= 0.6 is 0 Å². The summed E-state index contributed by atoms with van der Waals surface area (Å²) in [7, 11) is 0. The lowest BCUT2D eigenvalue weighted by Crippen LogP contribution is -2.41. The highest BCUT2D eigenvalue weighted by molar-refractivity contribution is 5.20. The van der Waals surface area contributed by atoms with Gasteiger partial charge in [-0.05, 0) is 18.5 Å². The maximum Gasteiger partial charge on any atom is 0.122 e. The third-order valence-electron chi connectivity index (χ3n) is 4.16. The summed E-state index contributed by atoms with van der Waals surface area (Å²) in [5, 5.41) is 3.58. The lowest BCUT2D eigenvalue weighted by atomic mass is 10.0. The summed E-state index contributed by atoms with van der Waals surface area (Å²) in [5.41, 5.74) is 1.39. The molecule has 2 heterocycles. The second kappa shape index (κ2) is 6.87. The Morgan fingerprint density at radius 1 is 1.24 bits per heavy atom. The summed E-state index contributed by atoms with van der Waals surface area (Å²) in [4.78, 5) is 7.02. The predicted octanol–water partition coefficient (Wildman–Crippen LogP) is 2.44. The normalized spacial score (nSPS) is 16.6. The molecule has 21 heavy (non-hydrogen) atoms.